The molecule has 1 aromatic heterocycles. The van der Waals surface area contributed by atoms with Gasteiger partial charge in [0.25, 0.3) is 0 Å². The van der Waals surface area contributed by atoms with Crippen molar-refractivity contribution < 1.29 is 8.78 Å². The van der Waals surface area contributed by atoms with Crippen LogP contribution in [0.3, 0.4) is 0 Å². The number of hydrogen-bond acceptors (Lipinski definition) is 2. The van der Waals surface area contributed by atoms with E-state index >= 15 is 0 Å². The van der Waals surface area contributed by atoms with Crippen molar-refractivity contribution in [1.29, 1.82) is 0 Å². The molecule has 0 aromatic carbocycles. The third kappa shape index (κ3) is 3.48. The molecular weight excluding hydrogens is 300 g/mol. The summed E-state index contributed by atoms with van der Waals surface area (Å²) in [5.74, 6) is 1.11. The molecule has 1 saturated carbocycles. The third-order valence-corrected chi connectivity index (χ3v) is 5.23. The lowest BCUT2D eigenvalue weighted by atomic mass is 9.73. The van der Waals surface area contributed by atoms with Crippen molar-refractivity contribution in [2.45, 2.75) is 51.6 Å². The fraction of sp³-hybridized carbons (Fsp3) is 0.750. The average Bonchev–Trinajstić information content (AvgIpc) is 3.17. The minimum absolute atomic E-state index is 0.257. The van der Waals surface area contributed by atoms with Crippen molar-refractivity contribution in [3.8, 4) is 0 Å². The van der Waals surface area contributed by atoms with Gasteiger partial charge in [0.2, 0.25) is 0 Å². The van der Waals surface area contributed by atoms with Crippen molar-refractivity contribution >= 4 is 5.96 Å². The molecule has 5 nitrogen and oxygen atoms in total. The molecule has 0 atom stereocenters. The molecule has 1 aromatic rings. The summed E-state index contributed by atoms with van der Waals surface area (Å²) in [4.78, 5) is 10.6. The van der Waals surface area contributed by atoms with Crippen LogP contribution in [0.4, 0.5) is 8.78 Å². The summed E-state index contributed by atoms with van der Waals surface area (Å²) in [6.07, 6.45) is 10.5. The first kappa shape index (κ1) is 16.2. The number of rotatable bonds is 3. The lowest BCUT2D eigenvalue weighted by molar-refractivity contribution is 0.0668. The lowest BCUT2D eigenvalue weighted by Gasteiger charge is -2.33. The van der Waals surface area contributed by atoms with Crippen molar-refractivity contribution in [1.82, 2.24) is 19.8 Å². The number of halogens is 2. The molecule has 0 unspecified atom stereocenters. The van der Waals surface area contributed by atoms with Gasteiger partial charge >= 0.3 is 6.55 Å². The maximum absolute atomic E-state index is 12.9. The summed E-state index contributed by atoms with van der Waals surface area (Å²) >= 11 is 0. The minimum Gasteiger partial charge on any atom is -0.349 e. The molecule has 1 spiro atoms. The highest BCUT2D eigenvalue weighted by atomic mass is 19.3. The number of likely N-dealkylation sites (tertiary alicyclic amines) is 1. The molecule has 7 heteroatoms. The van der Waals surface area contributed by atoms with Crippen LogP contribution in [0.15, 0.2) is 17.4 Å². The summed E-state index contributed by atoms with van der Waals surface area (Å²) in [6.45, 7) is -0.291. The number of guanidine groups is 1. The van der Waals surface area contributed by atoms with E-state index in [-0.39, 0.29) is 6.54 Å². The summed E-state index contributed by atoms with van der Waals surface area (Å²) < 4.78 is 26.6. The molecule has 128 valence electrons. The zero-order valence-electron chi connectivity index (χ0n) is 13.6. The summed E-state index contributed by atoms with van der Waals surface area (Å²) in [7, 11) is 1.74. The van der Waals surface area contributed by atoms with Crippen LogP contribution in [0.25, 0.3) is 0 Å². The number of aromatic nitrogens is 2. The van der Waals surface area contributed by atoms with Crippen molar-refractivity contribution in [3.05, 3.63) is 18.2 Å². The van der Waals surface area contributed by atoms with Crippen LogP contribution >= 0.6 is 0 Å². The van der Waals surface area contributed by atoms with Gasteiger partial charge in [-0.25, -0.2) is 4.98 Å². The molecule has 1 N–H and O–H groups in total. The number of hydrogen-bond donors (Lipinski definition) is 1. The highest BCUT2D eigenvalue weighted by Crippen LogP contribution is 2.43. The van der Waals surface area contributed by atoms with Crippen molar-refractivity contribution in [3.63, 3.8) is 0 Å². The van der Waals surface area contributed by atoms with Crippen LogP contribution in [-0.4, -0.2) is 40.5 Å². The first-order valence-corrected chi connectivity index (χ1v) is 8.39. The number of nitrogens with zero attached hydrogens (tertiary/aromatic N) is 4. The summed E-state index contributed by atoms with van der Waals surface area (Å²) in [6, 6.07) is 0. The Bertz CT molecular complexity index is 548. The molecule has 0 radical (unpaired) electrons. The van der Waals surface area contributed by atoms with E-state index in [9.17, 15) is 8.78 Å². The molecule has 0 bridgehead atoms. The number of imidazole rings is 1. The van der Waals surface area contributed by atoms with Gasteiger partial charge in [0.1, 0.15) is 5.82 Å². The predicted molar refractivity (Wildman–Crippen MR) is 85.4 cm³/mol. The highest BCUT2D eigenvalue weighted by Gasteiger charge is 2.39. The zero-order chi connectivity index (χ0) is 16.3. The molecule has 2 fully saturated rings. The first-order chi connectivity index (χ1) is 11.1. The van der Waals surface area contributed by atoms with Gasteiger partial charge in [-0.1, -0.05) is 19.3 Å². The molecule has 2 aliphatic rings. The molecule has 1 saturated heterocycles. The van der Waals surface area contributed by atoms with Gasteiger partial charge in [-0.3, -0.25) is 9.56 Å². The quantitative estimate of drug-likeness (QED) is 0.686. The topological polar surface area (TPSA) is 45.5 Å². The van der Waals surface area contributed by atoms with Crippen LogP contribution < -0.4 is 5.32 Å². The first-order valence-electron chi connectivity index (χ1n) is 8.39. The second-order valence-corrected chi connectivity index (χ2v) is 6.66. The normalized spacial score (nSPS) is 21.4. The molecule has 1 aliphatic heterocycles. The monoisotopic (exact) mass is 325 g/mol. The Balaban J connectivity index is 1.59. The Morgan fingerprint density at radius 2 is 2.13 bits per heavy atom. The number of aliphatic imine (C=N–C) groups is 1. The molecule has 1 aliphatic carbocycles. The molecule has 0 amide bonds. The van der Waals surface area contributed by atoms with E-state index in [2.05, 4.69) is 20.2 Å². The summed E-state index contributed by atoms with van der Waals surface area (Å²) in [5.41, 5.74) is 0.442. The van der Waals surface area contributed by atoms with E-state index in [0.29, 0.717) is 11.2 Å². The zero-order valence-corrected chi connectivity index (χ0v) is 13.6. The van der Waals surface area contributed by atoms with Crippen molar-refractivity contribution in [2.75, 3.05) is 20.1 Å². The van der Waals surface area contributed by atoms with E-state index in [4.69, 9.17) is 0 Å². The van der Waals surface area contributed by atoms with E-state index in [1.54, 1.807) is 7.05 Å². The average molecular weight is 325 g/mol. The summed E-state index contributed by atoms with van der Waals surface area (Å²) in [5, 5.41) is 3.19. The van der Waals surface area contributed by atoms with Crippen LogP contribution in [0.2, 0.25) is 0 Å². The van der Waals surface area contributed by atoms with Crippen molar-refractivity contribution in [2.24, 2.45) is 10.4 Å². The SMILES string of the molecule is CN=C(NCc1nccn1C(F)F)N1CCC2(CCCCC2)C1. The van der Waals surface area contributed by atoms with Crippen LogP contribution in [0.1, 0.15) is 50.9 Å². The minimum atomic E-state index is -2.56. The Hall–Kier alpha value is -1.66. The molecule has 2 heterocycles. The van der Waals surface area contributed by atoms with Gasteiger partial charge in [-0.05, 0) is 24.7 Å². The standard InChI is InChI=1S/C16H25F2N5/c1-19-15(21-11-13-20-8-10-23(13)14(17)18)22-9-7-16(12-22)5-3-2-4-6-16/h8,10,14H,2-7,9,11-12H2,1H3,(H,19,21). The second-order valence-electron chi connectivity index (χ2n) is 6.66. The van der Waals surface area contributed by atoms with E-state index in [1.165, 1.54) is 50.9 Å². The highest BCUT2D eigenvalue weighted by molar-refractivity contribution is 5.80. The third-order valence-electron chi connectivity index (χ3n) is 5.23. The van der Waals surface area contributed by atoms with Crippen LogP contribution in [0, 0.1) is 5.41 Å². The van der Waals surface area contributed by atoms with E-state index in [1.807, 2.05) is 0 Å². The maximum Gasteiger partial charge on any atom is 0.319 e. The lowest BCUT2D eigenvalue weighted by Crippen LogP contribution is -2.41. The Kier molecular flexibility index (Phi) is 4.82. The molecule has 3 rings (SSSR count). The van der Waals surface area contributed by atoms with Gasteiger partial charge in [0.15, 0.2) is 5.96 Å². The van der Waals surface area contributed by atoms with E-state index < -0.39 is 6.55 Å². The van der Waals surface area contributed by atoms with Gasteiger partial charge in [0, 0.05) is 32.5 Å². The largest absolute Gasteiger partial charge is 0.349 e. The fourth-order valence-electron chi connectivity index (χ4n) is 3.97. The molecular formula is C16H25F2N5. The van der Waals surface area contributed by atoms with Gasteiger partial charge in [-0.15, -0.1) is 0 Å². The van der Waals surface area contributed by atoms with Crippen LogP contribution in [0.5, 0.6) is 0 Å². The predicted octanol–water partition coefficient (Wildman–Crippen LogP) is 3.01. The Labute approximate surface area is 135 Å². The fourth-order valence-corrected chi connectivity index (χ4v) is 3.97. The Morgan fingerprint density at radius 1 is 1.35 bits per heavy atom. The van der Waals surface area contributed by atoms with Gasteiger partial charge in [-0.2, -0.15) is 8.78 Å². The molecule has 23 heavy (non-hydrogen) atoms. The van der Waals surface area contributed by atoms with Gasteiger partial charge in [0.05, 0.1) is 6.54 Å². The maximum atomic E-state index is 12.9. The second kappa shape index (κ2) is 6.84. The van der Waals surface area contributed by atoms with Crippen LogP contribution in [-0.2, 0) is 6.54 Å². The Morgan fingerprint density at radius 3 is 2.83 bits per heavy atom. The van der Waals surface area contributed by atoms with E-state index in [0.717, 1.165) is 23.6 Å². The van der Waals surface area contributed by atoms with Gasteiger partial charge < -0.3 is 10.2 Å². The number of alkyl halides is 2. The number of nitrogens with one attached hydrogen (secondary N) is 1. The smallest absolute Gasteiger partial charge is 0.319 e.